The first-order valence-corrected chi connectivity index (χ1v) is 5.85. The van der Waals surface area contributed by atoms with Crippen LogP contribution in [-0.2, 0) is 10.3 Å². The lowest BCUT2D eigenvalue weighted by molar-refractivity contribution is -0.126. The van der Waals surface area contributed by atoms with Crippen molar-refractivity contribution in [1.82, 2.24) is 14.8 Å². The zero-order valence-electron chi connectivity index (χ0n) is 8.14. The van der Waals surface area contributed by atoms with Gasteiger partial charge in [-0.1, -0.05) is 0 Å². The van der Waals surface area contributed by atoms with Crippen LogP contribution in [0.5, 0.6) is 0 Å². The number of thioether (sulfide) groups is 1. The van der Waals surface area contributed by atoms with Gasteiger partial charge in [-0.25, -0.2) is 9.67 Å². The molecule has 76 valence electrons. The maximum Gasteiger partial charge on any atom is 0.157 e. The van der Waals surface area contributed by atoms with E-state index in [0.29, 0.717) is 0 Å². The van der Waals surface area contributed by atoms with Crippen molar-refractivity contribution in [2.24, 2.45) is 0 Å². The summed E-state index contributed by atoms with van der Waals surface area (Å²) >= 11 is 1.90. The molecule has 1 aliphatic heterocycles. The number of nitrogens with zero attached hydrogens (tertiary/aromatic N) is 3. The minimum Gasteiger partial charge on any atom is -0.297 e. The molecule has 5 heteroatoms. The zero-order valence-corrected chi connectivity index (χ0v) is 8.96. The smallest absolute Gasteiger partial charge is 0.157 e. The van der Waals surface area contributed by atoms with Gasteiger partial charge in [-0.3, -0.25) is 4.79 Å². The van der Waals surface area contributed by atoms with Crippen LogP contribution in [0.4, 0.5) is 0 Å². The van der Waals surface area contributed by atoms with E-state index in [4.69, 9.17) is 0 Å². The highest BCUT2D eigenvalue weighted by molar-refractivity contribution is 7.99. The average Bonchev–Trinajstić information content (AvgIpc) is 2.72. The summed E-state index contributed by atoms with van der Waals surface area (Å²) in [5, 5.41) is 4.11. The summed E-state index contributed by atoms with van der Waals surface area (Å²) in [6.07, 6.45) is 4.89. The van der Waals surface area contributed by atoms with Crippen LogP contribution in [0.3, 0.4) is 0 Å². The lowest BCUT2D eigenvalue weighted by Gasteiger charge is -2.34. The monoisotopic (exact) mass is 211 g/mol. The van der Waals surface area contributed by atoms with E-state index in [0.717, 1.165) is 24.3 Å². The molecule has 0 aliphatic carbocycles. The molecule has 0 aromatic carbocycles. The fourth-order valence-electron chi connectivity index (χ4n) is 1.88. The Bertz CT molecular complexity index is 317. The molecule has 0 radical (unpaired) electrons. The van der Waals surface area contributed by atoms with Crippen LogP contribution >= 0.6 is 11.8 Å². The number of carbonyl (C=O) groups excluding carboxylic acids is 1. The lowest BCUT2D eigenvalue weighted by atomic mass is 9.88. The zero-order chi connectivity index (χ0) is 10.0. The third-order valence-electron chi connectivity index (χ3n) is 2.83. The molecule has 0 N–H and O–H groups in total. The van der Waals surface area contributed by atoms with Gasteiger partial charge in [-0.15, -0.1) is 0 Å². The van der Waals surface area contributed by atoms with E-state index < -0.39 is 5.54 Å². The summed E-state index contributed by atoms with van der Waals surface area (Å²) in [6.45, 7) is 1.65. The molecule has 0 bridgehead atoms. The summed E-state index contributed by atoms with van der Waals surface area (Å²) in [6, 6.07) is 0. The fraction of sp³-hybridized carbons (Fsp3) is 0.667. The molecule has 1 aromatic heterocycles. The number of rotatable bonds is 2. The molecular weight excluding hydrogens is 198 g/mol. The van der Waals surface area contributed by atoms with Gasteiger partial charge >= 0.3 is 0 Å². The van der Waals surface area contributed by atoms with E-state index >= 15 is 0 Å². The molecular formula is C9H13N3OS. The summed E-state index contributed by atoms with van der Waals surface area (Å²) in [4.78, 5) is 15.6. The molecule has 0 saturated carbocycles. The van der Waals surface area contributed by atoms with Gasteiger partial charge in [0, 0.05) is 0 Å². The number of hydrogen-bond acceptors (Lipinski definition) is 4. The first-order valence-electron chi connectivity index (χ1n) is 4.69. The number of carbonyl (C=O) groups is 1. The molecule has 1 saturated heterocycles. The Morgan fingerprint density at radius 2 is 2.21 bits per heavy atom. The highest BCUT2D eigenvalue weighted by Crippen LogP contribution is 2.33. The van der Waals surface area contributed by atoms with Crippen molar-refractivity contribution >= 4 is 17.5 Å². The SMILES string of the molecule is CC(=O)C1(n2cncn2)CCSCC1. The van der Waals surface area contributed by atoms with Gasteiger partial charge in [0.05, 0.1) is 0 Å². The van der Waals surface area contributed by atoms with Crippen molar-refractivity contribution < 1.29 is 4.79 Å². The first kappa shape index (κ1) is 9.71. The Hall–Kier alpha value is -0.840. The molecule has 0 atom stereocenters. The van der Waals surface area contributed by atoms with Gasteiger partial charge in [-0.05, 0) is 31.3 Å². The van der Waals surface area contributed by atoms with E-state index in [9.17, 15) is 4.79 Å². The largest absolute Gasteiger partial charge is 0.297 e. The van der Waals surface area contributed by atoms with Crippen molar-refractivity contribution in [1.29, 1.82) is 0 Å². The van der Waals surface area contributed by atoms with Crippen LogP contribution in [0, 0.1) is 0 Å². The second-order valence-corrected chi connectivity index (χ2v) is 4.76. The molecule has 0 spiro atoms. The molecule has 2 rings (SSSR count). The Morgan fingerprint density at radius 1 is 1.50 bits per heavy atom. The predicted molar refractivity (Wildman–Crippen MR) is 55.2 cm³/mol. The van der Waals surface area contributed by atoms with Crippen molar-refractivity contribution in [3.8, 4) is 0 Å². The lowest BCUT2D eigenvalue weighted by Crippen LogP contribution is -2.44. The van der Waals surface area contributed by atoms with Crippen molar-refractivity contribution in [3.63, 3.8) is 0 Å². The molecule has 0 unspecified atom stereocenters. The molecule has 4 nitrogen and oxygen atoms in total. The first-order chi connectivity index (χ1) is 6.76. The molecule has 2 heterocycles. The maximum atomic E-state index is 11.7. The van der Waals surface area contributed by atoms with Gasteiger partial charge in [0.2, 0.25) is 0 Å². The van der Waals surface area contributed by atoms with Crippen molar-refractivity contribution in [2.45, 2.75) is 25.3 Å². The minimum atomic E-state index is -0.415. The van der Waals surface area contributed by atoms with Gasteiger partial charge in [0.15, 0.2) is 5.78 Å². The average molecular weight is 211 g/mol. The number of ketones is 1. The summed E-state index contributed by atoms with van der Waals surface area (Å²) in [5.41, 5.74) is -0.415. The fourth-order valence-corrected chi connectivity index (χ4v) is 3.05. The standard InChI is InChI=1S/C9H13N3OS/c1-8(13)9(2-4-14-5-3-9)12-7-10-6-11-12/h6-7H,2-5H2,1H3. The van der Waals surface area contributed by atoms with E-state index in [2.05, 4.69) is 10.1 Å². The molecule has 1 aliphatic rings. The van der Waals surface area contributed by atoms with Gasteiger partial charge < -0.3 is 0 Å². The third-order valence-corrected chi connectivity index (χ3v) is 3.82. The van der Waals surface area contributed by atoms with Gasteiger partial charge in [0.25, 0.3) is 0 Å². The molecule has 14 heavy (non-hydrogen) atoms. The highest BCUT2D eigenvalue weighted by atomic mass is 32.2. The van der Waals surface area contributed by atoms with E-state index in [-0.39, 0.29) is 5.78 Å². The second kappa shape index (κ2) is 3.73. The van der Waals surface area contributed by atoms with Crippen LogP contribution < -0.4 is 0 Å². The Labute approximate surface area is 87.1 Å². The van der Waals surface area contributed by atoms with Crippen LogP contribution in [0.1, 0.15) is 19.8 Å². The van der Waals surface area contributed by atoms with Crippen LogP contribution in [0.2, 0.25) is 0 Å². The Balaban J connectivity index is 2.35. The highest BCUT2D eigenvalue weighted by Gasteiger charge is 2.39. The topological polar surface area (TPSA) is 47.8 Å². The molecule has 1 aromatic rings. The van der Waals surface area contributed by atoms with Crippen molar-refractivity contribution in [3.05, 3.63) is 12.7 Å². The molecule has 0 amide bonds. The number of aromatic nitrogens is 3. The number of Topliss-reactive ketones (excluding diaryl/α,β-unsaturated/α-hetero) is 1. The second-order valence-electron chi connectivity index (χ2n) is 3.54. The van der Waals surface area contributed by atoms with Crippen LogP contribution in [-0.4, -0.2) is 32.1 Å². The van der Waals surface area contributed by atoms with Crippen LogP contribution in [0.15, 0.2) is 12.7 Å². The normalized spacial score (nSPS) is 20.6. The van der Waals surface area contributed by atoms with Crippen LogP contribution in [0.25, 0.3) is 0 Å². The third kappa shape index (κ3) is 1.45. The summed E-state index contributed by atoms with van der Waals surface area (Å²) in [5.74, 6) is 2.25. The molecule has 1 fully saturated rings. The van der Waals surface area contributed by atoms with Gasteiger partial charge in [-0.2, -0.15) is 16.9 Å². The number of hydrogen-bond donors (Lipinski definition) is 0. The van der Waals surface area contributed by atoms with E-state index in [1.807, 2.05) is 11.8 Å². The minimum absolute atomic E-state index is 0.198. The quantitative estimate of drug-likeness (QED) is 0.734. The van der Waals surface area contributed by atoms with Crippen molar-refractivity contribution in [2.75, 3.05) is 11.5 Å². The summed E-state index contributed by atoms with van der Waals surface area (Å²) < 4.78 is 1.73. The van der Waals surface area contributed by atoms with E-state index in [1.54, 1.807) is 17.9 Å². The maximum absolute atomic E-state index is 11.7. The predicted octanol–water partition coefficient (Wildman–Crippen LogP) is 1.09. The summed E-state index contributed by atoms with van der Waals surface area (Å²) in [7, 11) is 0. The Morgan fingerprint density at radius 3 is 2.71 bits per heavy atom. The van der Waals surface area contributed by atoms with E-state index in [1.165, 1.54) is 6.33 Å². The Kier molecular flexibility index (Phi) is 2.58. The van der Waals surface area contributed by atoms with Gasteiger partial charge in [0.1, 0.15) is 18.2 Å².